The van der Waals surface area contributed by atoms with Crippen LogP contribution in [0.1, 0.15) is 17.4 Å². The van der Waals surface area contributed by atoms with Gasteiger partial charge in [-0.3, -0.25) is 4.79 Å². The molecule has 5 heteroatoms. The van der Waals surface area contributed by atoms with Gasteiger partial charge in [0.1, 0.15) is 5.69 Å². The Labute approximate surface area is 96.0 Å². The van der Waals surface area contributed by atoms with Crippen molar-refractivity contribution < 1.29 is 4.79 Å². The molecule has 0 aliphatic carbocycles. The summed E-state index contributed by atoms with van der Waals surface area (Å²) < 4.78 is 0.847. The molecule has 0 bridgehead atoms. The predicted octanol–water partition coefficient (Wildman–Crippen LogP) is 2.20. The Kier molecular flexibility index (Phi) is 4.35. The highest BCUT2D eigenvalue weighted by Gasteiger charge is 2.09. The van der Waals surface area contributed by atoms with E-state index in [2.05, 4.69) is 26.2 Å². The molecule has 1 heterocycles. The van der Waals surface area contributed by atoms with Crippen molar-refractivity contribution in [3.05, 3.63) is 28.5 Å². The Morgan fingerprint density at radius 3 is 2.93 bits per heavy atom. The zero-order chi connectivity index (χ0) is 10.6. The van der Waals surface area contributed by atoms with Gasteiger partial charge in [-0.15, -0.1) is 11.6 Å². The fourth-order valence-electron chi connectivity index (χ4n) is 0.846. The van der Waals surface area contributed by atoms with E-state index >= 15 is 0 Å². The molecule has 0 saturated carbocycles. The number of nitrogens with one attached hydrogen (secondary N) is 1. The summed E-state index contributed by atoms with van der Waals surface area (Å²) in [6, 6.07) is 3.38. The van der Waals surface area contributed by atoms with E-state index in [1.54, 1.807) is 18.3 Å². The molecule has 1 atom stereocenters. The van der Waals surface area contributed by atoms with Crippen LogP contribution in [-0.4, -0.2) is 22.8 Å². The molecule has 1 N–H and O–H groups in total. The van der Waals surface area contributed by atoms with E-state index in [4.69, 9.17) is 11.6 Å². The molecule has 0 radical (unpaired) electrons. The second-order valence-electron chi connectivity index (χ2n) is 2.89. The number of amides is 1. The van der Waals surface area contributed by atoms with Crippen molar-refractivity contribution >= 4 is 33.4 Å². The Morgan fingerprint density at radius 2 is 2.43 bits per heavy atom. The minimum Gasteiger partial charge on any atom is -0.347 e. The first-order valence-electron chi connectivity index (χ1n) is 4.12. The third-order valence-electron chi connectivity index (χ3n) is 1.57. The average Bonchev–Trinajstić information content (AvgIpc) is 2.18. The summed E-state index contributed by atoms with van der Waals surface area (Å²) in [6.07, 6.45) is 1.58. The molecule has 1 amide bonds. The predicted molar refractivity (Wildman–Crippen MR) is 59.6 cm³/mol. The van der Waals surface area contributed by atoms with Crippen molar-refractivity contribution in [1.29, 1.82) is 0 Å². The van der Waals surface area contributed by atoms with E-state index in [1.807, 2.05) is 6.92 Å². The number of pyridine rings is 1. The number of hydrogen-bond acceptors (Lipinski definition) is 2. The van der Waals surface area contributed by atoms with E-state index in [0.29, 0.717) is 11.6 Å². The molecular weight excluding hydrogens is 267 g/mol. The molecular formula is C9H10BrClN2O. The summed E-state index contributed by atoms with van der Waals surface area (Å²) in [5, 5.41) is 2.72. The first-order chi connectivity index (χ1) is 6.63. The van der Waals surface area contributed by atoms with Gasteiger partial charge in [0.2, 0.25) is 0 Å². The SMILES string of the molecule is CC(CCl)NC(=O)c1ccc(Br)cn1. The fourth-order valence-corrected chi connectivity index (χ4v) is 1.16. The van der Waals surface area contributed by atoms with Gasteiger partial charge in [-0.25, -0.2) is 4.98 Å². The summed E-state index contributed by atoms with van der Waals surface area (Å²) >= 11 is 8.81. The van der Waals surface area contributed by atoms with Crippen molar-refractivity contribution in [1.82, 2.24) is 10.3 Å². The Bertz CT molecular complexity index is 315. The van der Waals surface area contributed by atoms with E-state index < -0.39 is 0 Å². The molecule has 1 unspecified atom stereocenters. The molecule has 3 nitrogen and oxygen atoms in total. The van der Waals surface area contributed by atoms with Crippen molar-refractivity contribution in [2.75, 3.05) is 5.88 Å². The van der Waals surface area contributed by atoms with Crippen molar-refractivity contribution in [3.8, 4) is 0 Å². The van der Waals surface area contributed by atoms with Crippen LogP contribution in [0.2, 0.25) is 0 Å². The lowest BCUT2D eigenvalue weighted by Crippen LogP contribution is -2.34. The normalized spacial score (nSPS) is 12.2. The standard InChI is InChI=1S/C9H10BrClN2O/c1-6(4-11)13-9(14)8-3-2-7(10)5-12-8/h2-3,5-6H,4H2,1H3,(H,13,14). The minimum atomic E-state index is -0.203. The number of halogens is 2. The molecule has 1 rings (SSSR count). The third-order valence-corrected chi connectivity index (χ3v) is 2.50. The number of carbonyl (C=O) groups is 1. The smallest absolute Gasteiger partial charge is 0.270 e. The van der Waals surface area contributed by atoms with Gasteiger partial charge in [-0.1, -0.05) is 0 Å². The first kappa shape index (κ1) is 11.5. The maximum Gasteiger partial charge on any atom is 0.270 e. The minimum absolute atomic E-state index is 0.0467. The topological polar surface area (TPSA) is 42.0 Å². The largest absolute Gasteiger partial charge is 0.347 e. The summed E-state index contributed by atoms with van der Waals surface area (Å²) in [7, 11) is 0. The van der Waals surface area contributed by atoms with Gasteiger partial charge in [-0.05, 0) is 35.0 Å². The molecule has 0 aliphatic rings. The Hall–Kier alpha value is -0.610. The van der Waals surface area contributed by atoms with E-state index in [-0.39, 0.29) is 11.9 Å². The number of nitrogens with zero attached hydrogens (tertiary/aromatic N) is 1. The van der Waals surface area contributed by atoms with Crippen molar-refractivity contribution in [3.63, 3.8) is 0 Å². The fraction of sp³-hybridized carbons (Fsp3) is 0.333. The maximum absolute atomic E-state index is 11.5. The Balaban J connectivity index is 2.65. The molecule has 1 aromatic heterocycles. The van der Waals surface area contributed by atoms with Crippen LogP contribution in [0.5, 0.6) is 0 Å². The van der Waals surface area contributed by atoms with Gasteiger partial charge in [0.25, 0.3) is 5.91 Å². The number of aromatic nitrogens is 1. The molecule has 0 aliphatic heterocycles. The summed E-state index contributed by atoms with van der Waals surface area (Å²) in [6.45, 7) is 1.84. The molecule has 1 aromatic rings. The van der Waals surface area contributed by atoms with Gasteiger partial charge in [0.15, 0.2) is 0 Å². The van der Waals surface area contributed by atoms with E-state index in [1.165, 1.54) is 0 Å². The number of carbonyl (C=O) groups excluding carboxylic acids is 1. The van der Waals surface area contributed by atoms with Crippen LogP contribution in [0.4, 0.5) is 0 Å². The van der Waals surface area contributed by atoms with E-state index in [9.17, 15) is 4.79 Å². The monoisotopic (exact) mass is 276 g/mol. The number of hydrogen-bond donors (Lipinski definition) is 1. The summed E-state index contributed by atoms with van der Waals surface area (Å²) in [5.74, 6) is 0.188. The van der Waals surface area contributed by atoms with Crippen LogP contribution in [-0.2, 0) is 0 Å². The van der Waals surface area contributed by atoms with Gasteiger partial charge in [-0.2, -0.15) is 0 Å². The number of rotatable bonds is 3. The zero-order valence-electron chi connectivity index (χ0n) is 7.63. The highest BCUT2D eigenvalue weighted by atomic mass is 79.9. The van der Waals surface area contributed by atoms with Gasteiger partial charge in [0, 0.05) is 22.6 Å². The summed E-state index contributed by atoms with van der Waals surface area (Å²) in [4.78, 5) is 15.4. The van der Waals surface area contributed by atoms with Gasteiger partial charge < -0.3 is 5.32 Å². The number of alkyl halides is 1. The molecule has 0 fully saturated rings. The first-order valence-corrected chi connectivity index (χ1v) is 5.44. The quantitative estimate of drug-likeness (QED) is 0.861. The van der Waals surface area contributed by atoms with E-state index in [0.717, 1.165) is 4.47 Å². The van der Waals surface area contributed by atoms with Crippen LogP contribution in [0, 0.1) is 0 Å². The van der Waals surface area contributed by atoms with Crippen LogP contribution in [0.25, 0.3) is 0 Å². The van der Waals surface area contributed by atoms with Crippen LogP contribution < -0.4 is 5.32 Å². The highest BCUT2D eigenvalue weighted by Crippen LogP contribution is 2.07. The van der Waals surface area contributed by atoms with Crippen LogP contribution in [0.15, 0.2) is 22.8 Å². The Morgan fingerprint density at radius 1 is 1.71 bits per heavy atom. The van der Waals surface area contributed by atoms with Gasteiger partial charge >= 0.3 is 0 Å². The molecule has 0 spiro atoms. The third kappa shape index (κ3) is 3.27. The second kappa shape index (κ2) is 5.32. The van der Waals surface area contributed by atoms with Crippen LogP contribution >= 0.6 is 27.5 Å². The average molecular weight is 278 g/mol. The summed E-state index contributed by atoms with van der Waals surface area (Å²) in [5.41, 5.74) is 0.394. The van der Waals surface area contributed by atoms with Crippen LogP contribution in [0.3, 0.4) is 0 Å². The molecule has 0 aromatic carbocycles. The second-order valence-corrected chi connectivity index (χ2v) is 4.11. The molecule has 14 heavy (non-hydrogen) atoms. The molecule has 76 valence electrons. The van der Waals surface area contributed by atoms with Crippen molar-refractivity contribution in [2.45, 2.75) is 13.0 Å². The highest BCUT2D eigenvalue weighted by molar-refractivity contribution is 9.10. The van der Waals surface area contributed by atoms with Gasteiger partial charge in [0.05, 0.1) is 0 Å². The zero-order valence-corrected chi connectivity index (χ0v) is 9.97. The lowest BCUT2D eigenvalue weighted by Gasteiger charge is -2.09. The molecule has 0 saturated heterocycles. The lowest BCUT2D eigenvalue weighted by atomic mass is 10.3. The maximum atomic E-state index is 11.5. The lowest BCUT2D eigenvalue weighted by molar-refractivity contribution is 0.0938. The van der Waals surface area contributed by atoms with Crippen molar-refractivity contribution in [2.24, 2.45) is 0 Å².